The summed E-state index contributed by atoms with van der Waals surface area (Å²) in [6.45, 7) is 13.2. The summed E-state index contributed by atoms with van der Waals surface area (Å²) in [5, 5.41) is 21.8. The maximum absolute atomic E-state index is 13.4. The number of phenolic OH excluding ortho intramolecular Hbond substituents is 1. The summed E-state index contributed by atoms with van der Waals surface area (Å²) in [6.07, 6.45) is 0.503. The molecule has 282 valence electrons. The Morgan fingerprint density at radius 1 is 0.788 bits per heavy atom. The second kappa shape index (κ2) is 14.0. The van der Waals surface area contributed by atoms with Crippen molar-refractivity contribution in [3.8, 4) is 5.75 Å². The van der Waals surface area contributed by atoms with Gasteiger partial charge in [0.1, 0.15) is 27.8 Å². The van der Waals surface area contributed by atoms with Gasteiger partial charge in [-0.2, -0.15) is 25.3 Å². The van der Waals surface area contributed by atoms with Gasteiger partial charge in [0, 0.05) is 23.0 Å². The van der Waals surface area contributed by atoms with Crippen LogP contribution in [0.5, 0.6) is 5.75 Å². The minimum atomic E-state index is -5.23. The van der Waals surface area contributed by atoms with Crippen molar-refractivity contribution in [1.82, 2.24) is 0 Å². The number of fused-ring (bicyclic) bond motifs is 2. The van der Waals surface area contributed by atoms with Crippen LogP contribution in [0.25, 0.3) is 21.5 Å². The Hall–Kier alpha value is -4.20. The number of rotatable bonds is 11. The third-order valence-electron chi connectivity index (χ3n) is 8.71. The number of hydrogen-bond acceptors (Lipinski definition) is 12. The molecular formula is C34H41N3O12S3. The molecular weight excluding hydrogens is 739 g/mol. The molecule has 5 N–H and O–H groups in total. The Labute approximate surface area is 302 Å². The van der Waals surface area contributed by atoms with Gasteiger partial charge < -0.3 is 15.2 Å². The first-order valence-corrected chi connectivity index (χ1v) is 20.1. The van der Waals surface area contributed by atoms with Crippen LogP contribution in [-0.2, 0) is 39.9 Å². The number of azo groups is 1. The number of nitrogens with one attached hydrogen (secondary N) is 1. The molecule has 0 saturated carbocycles. The number of ether oxygens (including phenoxy) is 1. The molecule has 0 aliphatic carbocycles. The summed E-state index contributed by atoms with van der Waals surface area (Å²) in [4.78, 5) is 11.0. The van der Waals surface area contributed by atoms with Crippen molar-refractivity contribution in [3.05, 3.63) is 54.6 Å². The third kappa shape index (κ3) is 8.70. The average Bonchev–Trinajstić information content (AvgIpc) is 2.98. The molecule has 0 bridgehead atoms. The molecule has 0 aliphatic rings. The van der Waals surface area contributed by atoms with E-state index >= 15 is 0 Å². The second-order valence-corrected chi connectivity index (χ2v) is 19.0. The van der Waals surface area contributed by atoms with Crippen LogP contribution in [0.1, 0.15) is 54.9 Å². The van der Waals surface area contributed by atoms with Crippen LogP contribution in [0.2, 0.25) is 0 Å². The number of anilines is 1. The fraction of sp³-hybridized carbons (Fsp3) is 0.382. The topological polar surface area (TPSA) is 246 Å². The maximum atomic E-state index is 13.4. The SMILES string of the molecule is CC(C)(C)CC(C)(C(=O)OCCNc1cc(S(=O)(=O)O)cc2cc(S(=O)(=O)O)c(N=Nc3ccc4ccccc4c3S(=O)(=O)O)c(O)c12)C(C)(C)C. The van der Waals surface area contributed by atoms with E-state index in [1.807, 2.05) is 48.5 Å². The van der Waals surface area contributed by atoms with E-state index in [2.05, 4.69) is 15.5 Å². The fourth-order valence-corrected chi connectivity index (χ4v) is 7.96. The van der Waals surface area contributed by atoms with Crippen LogP contribution in [0.4, 0.5) is 17.1 Å². The third-order valence-corrected chi connectivity index (χ3v) is 11.4. The highest BCUT2D eigenvalue weighted by molar-refractivity contribution is 7.86. The van der Waals surface area contributed by atoms with Gasteiger partial charge in [-0.05, 0) is 59.2 Å². The highest BCUT2D eigenvalue weighted by Crippen LogP contribution is 2.48. The fourth-order valence-electron chi connectivity index (χ4n) is 5.92. The molecule has 0 spiro atoms. The lowest BCUT2D eigenvalue weighted by Crippen LogP contribution is -2.44. The molecule has 4 rings (SSSR count). The van der Waals surface area contributed by atoms with E-state index in [0.29, 0.717) is 11.8 Å². The molecule has 4 aromatic rings. The lowest BCUT2D eigenvalue weighted by Gasteiger charge is -2.43. The quantitative estimate of drug-likeness (QED) is 0.0435. The molecule has 0 saturated heterocycles. The van der Waals surface area contributed by atoms with Gasteiger partial charge >= 0.3 is 5.97 Å². The van der Waals surface area contributed by atoms with E-state index in [4.69, 9.17) is 4.74 Å². The van der Waals surface area contributed by atoms with Gasteiger partial charge in [-0.3, -0.25) is 18.5 Å². The lowest BCUT2D eigenvalue weighted by atomic mass is 9.61. The summed E-state index contributed by atoms with van der Waals surface area (Å²) >= 11 is 0. The van der Waals surface area contributed by atoms with Crippen molar-refractivity contribution in [2.75, 3.05) is 18.5 Å². The first kappa shape index (κ1) is 40.6. The van der Waals surface area contributed by atoms with Crippen LogP contribution >= 0.6 is 0 Å². The smallest absolute Gasteiger partial charge is 0.312 e. The molecule has 18 heteroatoms. The molecule has 52 heavy (non-hydrogen) atoms. The van der Waals surface area contributed by atoms with Gasteiger partial charge in [0.05, 0.1) is 10.3 Å². The number of aromatic hydroxyl groups is 1. The number of hydrogen-bond donors (Lipinski definition) is 5. The summed E-state index contributed by atoms with van der Waals surface area (Å²) in [5.41, 5.74) is -3.10. The monoisotopic (exact) mass is 779 g/mol. The van der Waals surface area contributed by atoms with Crippen molar-refractivity contribution >= 4 is 74.9 Å². The molecule has 0 heterocycles. The van der Waals surface area contributed by atoms with Crippen LogP contribution in [0, 0.1) is 16.2 Å². The predicted octanol–water partition coefficient (Wildman–Crippen LogP) is 7.30. The number of esters is 1. The van der Waals surface area contributed by atoms with E-state index in [9.17, 15) is 48.8 Å². The zero-order valence-corrected chi connectivity index (χ0v) is 31.9. The van der Waals surface area contributed by atoms with Crippen LogP contribution in [0.3, 0.4) is 0 Å². The minimum Gasteiger partial charge on any atom is -0.505 e. The Balaban J connectivity index is 1.84. The number of carbonyl (C=O) groups is 1. The van der Waals surface area contributed by atoms with Crippen molar-refractivity contribution in [2.45, 2.75) is 69.6 Å². The normalized spacial score (nSPS) is 14.5. The zero-order chi connectivity index (χ0) is 39.2. The number of phenols is 1. The average molecular weight is 780 g/mol. The molecule has 1 unspecified atom stereocenters. The van der Waals surface area contributed by atoms with E-state index in [-0.39, 0.29) is 40.4 Å². The number of carbonyl (C=O) groups excluding carboxylic acids is 1. The lowest BCUT2D eigenvalue weighted by molar-refractivity contribution is -0.164. The molecule has 0 aromatic heterocycles. The van der Waals surface area contributed by atoms with E-state index < -0.39 is 79.0 Å². The molecule has 1 atom stereocenters. The Morgan fingerprint density at radius 2 is 1.42 bits per heavy atom. The first-order valence-electron chi connectivity index (χ1n) is 15.8. The van der Waals surface area contributed by atoms with Gasteiger partial charge in [-0.1, -0.05) is 71.9 Å². The van der Waals surface area contributed by atoms with Crippen molar-refractivity contribution in [1.29, 1.82) is 0 Å². The Bertz CT molecular complexity index is 2430. The van der Waals surface area contributed by atoms with Crippen molar-refractivity contribution in [2.24, 2.45) is 26.5 Å². The standard InChI is InChI=1S/C34H41N3O12S3/c1-32(2,3)19-34(7,33(4,5)6)31(39)49-15-14-35-25-18-22(50(40,41)42)16-21-17-26(51(43,44)45)28(29(38)27(21)25)37-36-24-13-12-20-10-8-9-11-23(20)30(24)52(46,47)48/h8-13,16-18,35,38H,14-15,19H2,1-7H3,(H,40,41,42)(H,43,44,45)(H,46,47,48). The molecule has 0 radical (unpaired) electrons. The Kier molecular flexibility index (Phi) is 10.9. The molecule has 4 aromatic carbocycles. The van der Waals surface area contributed by atoms with Crippen LogP contribution < -0.4 is 5.32 Å². The van der Waals surface area contributed by atoms with Crippen molar-refractivity contribution in [3.63, 3.8) is 0 Å². The predicted molar refractivity (Wildman–Crippen MR) is 194 cm³/mol. The van der Waals surface area contributed by atoms with E-state index in [1.54, 1.807) is 12.1 Å². The highest BCUT2D eigenvalue weighted by atomic mass is 32.2. The van der Waals surface area contributed by atoms with Gasteiger partial charge in [0.2, 0.25) is 0 Å². The van der Waals surface area contributed by atoms with Gasteiger partial charge in [0.25, 0.3) is 30.4 Å². The largest absolute Gasteiger partial charge is 0.505 e. The van der Waals surface area contributed by atoms with Gasteiger partial charge in [0.15, 0.2) is 5.75 Å². The number of nitrogens with zero attached hydrogens (tertiary/aromatic N) is 2. The van der Waals surface area contributed by atoms with Crippen LogP contribution in [0.15, 0.2) is 79.5 Å². The minimum absolute atomic E-state index is 0.0605. The second-order valence-electron chi connectivity index (χ2n) is 14.8. The molecule has 0 amide bonds. The van der Waals surface area contributed by atoms with E-state index in [1.165, 1.54) is 24.3 Å². The van der Waals surface area contributed by atoms with E-state index in [0.717, 1.165) is 18.2 Å². The summed E-state index contributed by atoms with van der Waals surface area (Å²) < 4.78 is 110. The van der Waals surface area contributed by atoms with Gasteiger partial charge in [-0.25, -0.2) is 0 Å². The summed E-state index contributed by atoms with van der Waals surface area (Å²) in [5.74, 6) is -1.43. The van der Waals surface area contributed by atoms with Crippen molar-refractivity contribution < 1.29 is 53.5 Å². The summed E-state index contributed by atoms with van der Waals surface area (Å²) in [7, 11) is -15.1. The highest BCUT2D eigenvalue weighted by Gasteiger charge is 2.47. The molecule has 0 aliphatic heterocycles. The zero-order valence-electron chi connectivity index (χ0n) is 29.5. The summed E-state index contributed by atoms with van der Waals surface area (Å²) in [6, 6.07) is 11.3. The molecule has 0 fully saturated rings. The molecule has 15 nitrogen and oxygen atoms in total. The number of benzene rings is 4. The first-order chi connectivity index (χ1) is 23.6. The Morgan fingerprint density at radius 3 is 1.98 bits per heavy atom. The van der Waals surface area contributed by atoms with Crippen LogP contribution in [-0.4, -0.2) is 63.1 Å². The maximum Gasteiger partial charge on any atom is 0.312 e. The van der Waals surface area contributed by atoms with Gasteiger partial charge in [-0.15, -0.1) is 10.2 Å².